The van der Waals surface area contributed by atoms with Crippen LogP contribution in [0.3, 0.4) is 0 Å². The number of aryl methyl sites for hydroxylation is 2. The van der Waals surface area contributed by atoms with Crippen molar-refractivity contribution in [2.75, 3.05) is 6.61 Å². The second-order valence-electron chi connectivity index (χ2n) is 6.53. The van der Waals surface area contributed by atoms with Crippen molar-refractivity contribution >= 4 is 31.7 Å². The highest BCUT2D eigenvalue weighted by Gasteiger charge is 2.18. The minimum atomic E-state index is -1.67. The van der Waals surface area contributed by atoms with Gasteiger partial charge in [-0.05, 0) is 54.2 Å². The van der Waals surface area contributed by atoms with Crippen LogP contribution in [0.2, 0.25) is 0 Å². The van der Waals surface area contributed by atoms with Gasteiger partial charge in [0.1, 0.15) is 27.1 Å². The van der Waals surface area contributed by atoms with Crippen molar-refractivity contribution in [1.29, 1.82) is 0 Å². The van der Waals surface area contributed by atoms with Gasteiger partial charge in [0, 0.05) is 12.7 Å². The fourth-order valence-corrected chi connectivity index (χ4v) is 3.91. The molecular weight excluding hydrogens is 422 g/mol. The monoisotopic (exact) mass is 451 g/mol. The maximum Gasteiger partial charge on any atom is 0.275 e. The van der Waals surface area contributed by atoms with Crippen molar-refractivity contribution in [2.24, 2.45) is 0 Å². The summed E-state index contributed by atoms with van der Waals surface area (Å²) in [6.07, 6.45) is 4.63. The van der Waals surface area contributed by atoms with Crippen LogP contribution in [0.1, 0.15) is 53.0 Å². The summed E-state index contributed by atoms with van der Waals surface area (Å²) in [6.45, 7) is 11.3. The van der Waals surface area contributed by atoms with E-state index in [0.717, 1.165) is 24.8 Å². The molecule has 164 valence electrons. The Labute approximate surface area is 184 Å². The Balaban J connectivity index is 0.00000155. The molecule has 0 aliphatic carbocycles. The predicted octanol–water partition coefficient (Wildman–Crippen LogP) is 5.44. The van der Waals surface area contributed by atoms with Crippen molar-refractivity contribution < 1.29 is 8.95 Å². The number of hydrogen-bond acceptors (Lipinski definition) is 4. The number of rotatable bonds is 8. The lowest BCUT2D eigenvalue weighted by atomic mass is 10.1. The first-order chi connectivity index (χ1) is 14.5. The fourth-order valence-electron chi connectivity index (χ4n) is 3.23. The molecule has 8 heteroatoms. The molecule has 3 rings (SSSR count). The molecule has 3 aromatic rings. The van der Waals surface area contributed by atoms with Gasteiger partial charge in [-0.2, -0.15) is 0 Å². The van der Waals surface area contributed by atoms with E-state index >= 15 is 0 Å². The SMILES string of the molecule is CC.CCCOc1ccc(S(=O)Cl)cc1-c1nc2c(CCC)cn(CC)c2c(=O)[nH]1. The van der Waals surface area contributed by atoms with E-state index in [1.54, 1.807) is 18.2 Å². The van der Waals surface area contributed by atoms with E-state index in [9.17, 15) is 9.00 Å². The van der Waals surface area contributed by atoms with Crippen molar-refractivity contribution in [1.82, 2.24) is 14.5 Å². The van der Waals surface area contributed by atoms with Gasteiger partial charge < -0.3 is 14.3 Å². The summed E-state index contributed by atoms with van der Waals surface area (Å²) in [6, 6.07) is 5.04. The van der Waals surface area contributed by atoms with E-state index in [0.29, 0.717) is 46.2 Å². The number of nitrogens with one attached hydrogen (secondary N) is 1. The minimum Gasteiger partial charge on any atom is -0.493 e. The Bertz CT molecular complexity index is 1080. The predicted molar refractivity (Wildman–Crippen MR) is 125 cm³/mol. The zero-order valence-corrected chi connectivity index (χ0v) is 19.8. The molecule has 0 amide bonds. The van der Waals surface area contributed by atoms with Crippen molar-refractivity contribution in [2.45, 2.75) is 65.3 Å². The van der Waals surface area contributed by atoms with Crippen molar-refractivity contribution in [3.8, 4) is 17.1 Å². The summed E-state index contributed by atoms with van der Waals surface area (Å²) in [5.74, 6) is 0.959. The van der Waals surface area contributed by atoms with Gasteiger partial charge in [-0.3, -0.25) is 4.79 Å². The molecule has 2 heterocycles. The second-order valence-corrected chi connectivity index (χ2v) is 8.29. The molecule has 6 nitrogen and oxygen atoms in total. The quantitative estimate of drug-likeness (QED) is 0.462. The highest BCUT2D eigenvalue weighted by molar-refractivity contribution is 8.08. The Morgan fingerprint density at radius 2 is 1.93 bits per heavy atom. The molecule has 1 atom stereocenters. The largest absolute Gasteiger partial charge is 0.493 e. The number of H-pyrrole nitrogens is 1. The zero-order valence-electron chi connectivity index (χ0n) is 18.3. The summed E-state index contributed by atoms with van der Waals surface area (Å²) in [5.41, 5.74) is 2.68. The molecule has 1 aromatic carbocycles. The van der Waals surface area contributed by atoms with Crippen LogP contribution < -0.4 is 10.3 Å². The van der Waals surface area contributed by atoms with Crippen LogP contribution in [0, 0.1) is 0 Å². The van der Waals surface area contributed by atoms with E-state index in [-0.39, 0.29) is 5.56 Å². The minimum absolute atomic E-state index is 0.206. The summed E-state index contributed by atoms with van der Waals surface area (Å²) in [5, 5.41) is 0. The third-order valence-corrected chi connectivity index (χ3v) is 5.67. The molecule has 0 spiro atoms. The fraction of sp³-hybridized carbons (Fsp3) is 0.455. The van der Waals surface area contributed by atoms with E-state index in [1.807, 2.05) is 38.5 Å². The number of fused-ring (bicyclic) bond motifs is 1. The van der Waals surface area contributed by atoms with Crippen LogP contribution in [-0.2, 0) is 23.0 Å². The molecule has 1 N–H and O–H groups in total. The van der Waals surface area contributed by atoms with Gasteiger partial charge in [0.25, 0.3) is 5.56 Å². The van der Waals surface area contributed by atoms with Gasteiger partial charge >= 0.3 is 0 Å². The third kappa shape index (κ3) is 5.13. The summed E-state index contributed by atoms with van der Waals surface area (Å²) in [7, 11) is 4.10. The van der Waals surface area contributed by atoms with Gasteiger partial charge in [-0.15, -0.1) is 0 Å². The van der Waals surface area contributed by atoms with E-state index in [1.165, 1.54) is 0 Å². The lowest BCUT2D eigenvalue weighted by molar-refractivity contribution is 0.318. The van der Waals surface area contributed by atoms with Crippen LogP contribution in [-0.4, -0.2) is 25.4 Å². The first kappa shape index (κ1) is 24.2. The Morgan fingerprint density at radius 1 is 1.20 bits per heavy atom. The Kier molecular flexibility index (Phi) is 9.11. The molecule has 2 aromatic heterocycles. The first-order valence-electron chi connectivity index (χ1n) is 10.5. The normalized spacial score (nSPS) is 11.8. The molecule has 0 saturated carbocycles. The third-order valence-electron chi connectivity index (χ3n) is 4.51. The highest BCUT2D eigenvalue weighted by Crippen LogP contribution is 2.31. The molecule has 0 bridgehead atoms. The van der Waals surface area contributed by atoms with E-state index < -0.39 is 10.0 Å². The number of ether oxygens (including phenoxy) is 1. The molecule has 0 radical (unpaired) electrons. The van der Waals surface area contributed by atoms with E-state index in [4.69, 9.17) is 20.4 Å². The van der Waals surface area contributed by atoms with Gasteiger partial charge in [0.2, 0.25) is 0 Å². The maximum atomic E-state index is 12.9. The van der Waals surface area contributed by atoms with Crippen LogP contribution in [0.5, 0.6) is 5.75 Å². The molecule has 1 unspecified atom stereocenters. The van der Waals surface area contributed by atoms with Crippen LogP contribution in [0.15, 0.2) is 34.1 Å². The molecule has 0 fully saturated rings. The Morgan fingerprint density at radius 3 is 2.53 bits per heavy atom. The van der Waals surface area contributed by atoms with Gasteiger partial charge in [-0.1, -0.05) is 34.1 Å². The highest BCUT2D eigenvalue weighted by atomic mass is 35.7. The smallest absolute Gasteiger partial charge is 0.275 e. The number of aromatic amines is 1. The number of aromatic nitrogens is 3. The van der Waals surface area contributed by atoms with Crippen molar-refractivity contribution in [3.05, 3.63) is 40.3 Å². The molecular formula is C22H30ClN3O3S. The van der Waals surface area contributed by atoms with Gasteiger partial charge in [-0.25, -0.2) is 9.19 Å². The summed E-state index contributed by atoms with van der Waals surface area (Å²) in [4.78, 5) is 20.9. The van der Waals surface area contributed by atoms with Crippen LogP contribution in [0.25, 0.3) is 22.4 Å². The van der Waals surface area contributed by atoms with E-state index in [2.05, 4.69) is 11.9 Å². The average molecular weight is 452 g/mol. The Hall–Kier alpha value is -2.12. The van der Waals surface area contributed by atoms with Crippen LogP contribution >= 0.6 is 10.7 Å². The lowest BCUT2D eigenvalue weighted by Crippen LogP contribution is -2.13. The average Bonchev–Trinajstić information content (AvgIpc) is 3.12. The number of benzene rings is 1. The molecule has 0 saturated heterocycles. The summed E-state index contributed by atoms with van der Waals surface area (Å²) >= 11 is 0. The van der Waals surface area contributed by atoms with Gasteiger partial charge in [0.05, 0.1) is 22.6 Å². The second kappa shape index (κ2) is 11.3. The van der Waals surface area contributed by atoms with Gasteiger partial charge in [0.15, 0.2) is 0 Å². The number of nitrogens with zero attached hydrogens (tertiary/aromatic N) is 2. The van der Waals surface area contributed by atoms with Crippen molar-refractivity contribution in [3.63, 3.8) is 0 Å². The first-order valence-corrected chi connectivity index (χ1v) is 12.4. The van der Waals surface area contributed by atoms with Crippen LogP contribution in [0.4, 0.5) is 0 Å². The molecule has 30 heavy (non-hydrogen) atoms. The topological polar surface area (TPSA) is 77.0 Å². The maximum absolute atomic E-state index is 12.9. The lowest BCUT2D eigenvalue weighted by Gasteiger charge is -2.12. The number of halogens is 1. The standard InChI is InChI=1S/C20H24ClN3O3S.C2H6/c1-4-7-13-12-24(6-3)18-17(13)22-19(23-20(18)25)15-11-14(28(21)26)8-9-16(15)27-10-5-2;1-2/h8-9,11-12H,4-7,10H2,1-3H3,(H,22,23,25);1-2H3. The zero-order chi connectivity index (χ0) is 22.3. The molecule has 0 aliphatic heterocycles. The number of hydrogen-bond donors (Lipinski definition) is 1. The summed E-state index contributed by atoms with van der Waals surface area (Å²) < 4.78 is 19.5. The molecule has 0 aliphatic rings.